The second kappa shape index (κ2) is 8.99. The van der Waals surface area contributed by atoms with Crippen molar-refractivity contribution in [1.82, 2.24) is 4.90 Å². The Morgan fingerprint density at radius 1 is 1.13 bits per heavy atom. The lowest BCUT2D eigenvalue weighted by molar-refractivity contribution is -0.133. The number of ether oxygens (including phenoxy) is 3. The van der Waals surface area contributed by atoms with E-state index in [0.717, 1.165) is 38.0 Å². The lowest BCUT2D eigenvalue weighted by Gasteiger charge is -2.56. The van der Waals surface area contributed by atoms with Crippen molar-refractivity contribution in [1.29, 1.82) is 0 Å². The normalized spacial score (nSPS) is 42.2. The van der Waals surface area contributed by atoms with Crippen LogP contribution in [0.15, 0.2) is 46.8 Å². The van der Waals surface area contributed by atoms with Gasteiger partial charge in [0.05, 0.1) is 24.3 Å². The number of carbonyl (C=O) groups is 1. The predicted octanol–water partition coefficient (Wildman–Crippen LogP) is 5.75. The third kappa shape index (κ3) is 3.48. The lowest BCUT2D eigenvalue weighted by Crippen LogP contribution is -2.64. The van der Waals surface area contributed by atoms with Gasteiger partial charge in [-0.1, -0.05) is 38.3 Å². The molecule has 4 fully saturated rings. The van der Waals surface area contributed by atoms with Crippen LogP contribution < -0.4 is 0 Å². The molecule has 2 bridgehead atoms. The first-order chi connectivity index (χ1) is 18.4. The Morgan fingerprint density at radius 2 is 1.89 bits per heavy atom. The van der Waals surface area contributed by atoms with Gasteiger partial charge in [-0.3, -0.25) is 4.90 Å². The highest BCUT2D eigenvalue weighted by Gasteiger charge is 2.59. The number of nitrogens with zero attached hydrogens (tertiary/aromatic N) is 1. The van der Waals surface area contributed by atoms with E-state index >= 15 is 0 Å². The molecule has 38 heavy (non-hydrogen) atoms. The van der Waals surface area contributed by atoms with Gasteiger partial charge in [-0.15, -0.1) is 0 Å². The van der Waals surface area contributed by atoms with Crippen LogP contribution >= 0.6 is 0 Å². The molecule has 3 aliphatic carbocycles. The van der Waals surface area contributed by atoms with Crippen molar-refractivity contribution in [3.05, 3.63) is 46.8 Å². The summed E-state index contributed by atoms with van der Waals surface area (Å²) in [5.41, 5.74) is 0.804. The van der Waals surface area contributed by atoms with Gasteiger partial charge in [-0.25, -0.2) is 4.79 Å². The predicted molar refractivity (Wildman–Crippen MR) is 143 cm³/mol. The van der Waals surface area contributed by atoms with Crippen molar-refractivity contribution in [3.63, 3.8) is 0 Å². The summed E-state index contributed by atoms with van der Waals surface area (Å²) in [4.78, 5) is 15.1. The molecule has 2 saturated heterocycles. The van der Waals surface area contributed by atoms with Crippen LogP contribution in [0.5, 0.6) is 0 Å². The van der Waals surface area contributed by atoms with E-state index in [4.69, 9.17) is 14.2 Å². The molecule has 1 N–H and O–H groups in total. The van der Waals surface area contributed by atoms with Gasteiger partial charge in [-0.05, 0) is 75.7 Å². The Hall–Kier alpha value is -2.05. The molecule has 2 saturated carbocycles. The molecule has 6 heteroatoms. The number of allylic oxidation sites excluding steroid dienone is 1. The zero-order valence-electron chi connectivity index (χ0n) is 23.2. The number of hydrogen-bond acceptors (Lipinski definition) is 6. The van der Waals surface area contributed by atoms with Crippen LogP contribution in [0, 0.1) is 29.1 Å². The van der Waals surface area contributed by atoms with Gasteiger partial charge in [-0.2, -0.15) is 0 Å². The summed E-state index contributed by atoms with van der Waals surface area (Å²) in [6, 6.07) is 0.174. The Morgan fingerprint density at radius 3 is 2.68 bits per heavy atom. The van der Waals surface area contributed by atoms with Gasteiger partial charge in [0, 0.05) is 30.3 Å². The summed E-state index contributed by atoms with van der Waals surface area (Å²) in [6.07, 6.45) is 20.5. The number of rotatable bonds is 4. The van der Waals surface area contributed by atoms with Gasteiger partial charge in [0.1, 0.15) is 5.76 Å². The maximum absolute atomic E-state index is 12.4. The van der Waals surface area contributed by atoms with Crippen LogP contribution in [0.3, 0.4) is 0 Å². The van der Waals surface area contributed by atoms with Gasteiger partial charge >= 0.3 is 5.97 Å². The number of esters is 1. The van der Waals surface area contributed by atoms with Gasteiger partial charge in [0.25, 0.3) is 0 Å². The first-order valence-electron chi connectivity index (χ1n) is 15.1. The maximum Gasteiger partial charge on any atom is 0.343 e. The molecule has 0 amide bonds. The molecule has 8 rings (SSSR count). The molecule has 0 aromatic carbocycles. The molecule has 0 aromatic rings. The van der Waals surface area contributed by atoms with Crippen molar-refractivity contribution in [2.75, 3.05) is 13.7 Å². The molecule has 8 aliphatic rings. The average Bonchev–Trinajstić information content (AvgIpc) is 3.64. The van der Waals surface area contributed by atoms with Crippen molar-refractivity contribution in [2.45, 2.75) is 102 Å². The van der Waals surface area contributed by atoms with Crippen molar-refractivity contribution in [2.24, 2.45) is 29.1 Å². The van der Waals surface area contributed by atoms with Crippen molar-refractivity contribution < 1.29 is 24.1 Å². The van der Waals surface area contributed by atoms with Crippen LogP contribution in [0.1, 0.15) is 84.5 Å². The van der Waals surface area contributed by atoms with Crippen LogP contribution in [0.4, 0.5) is 0 Å². The molecular weight excluding hydrogens is 478 g/mol. The SMILES string of the molecule is COC1=C(C)C(=O)OC1=C1OC2=CC3C=CC4(CCCC(C(O)CC5CCCC56CCCC6)N4C3)C2C1C. The quantitative estimate of drug-likeness (QED) is 0.376. The average molecular weight is 522 g/mol. The molecule has 0 radical (unpaired) electrons. The smallest absolute Gasteiger partial charge is 0.343 e. The summed E-state index contributed by atoms with van der Waals surface area (Å²) in [5.74, 6) is 3.33. The molecule has 5 aliphatic heterocycles. The summed E-state index contributed by atoms with van der Waals surface area (Å²) in [5, 5.41) is 11.9. The van der Waals surface area contributed by atoms with Gasteiger partial charge in [0.15, 0.2) is 11.5 Å². The molecular formula is C32H43NO5. The molecule has 206 valence electrons. The lowest BCUT2D eigenvalue weighted by atomic mass is 9.67. The largest absolute Gasteiger partial charge is 0.492 e. The number of cyclic esters (lactones) is 1. The minimum atomic E-state index is -0.366. The third-order valence-electron chi connectivity index (χ3n) is 11.6. The minimum absolute atomic E-state index is 0.0246. The van der Waals surface area contributed by atoms with E-state index in [2.05, 4.69) is 30.1 Å². The maximum atomic E-state index is 12.4. The summed E-state index contributed by atoms with van der Waals surface area (Å²) >= 11 is 0. The van der Waals surface area contributed by atoms with E-state index in [1.165, 1.54) is 44.9 Å². The second-order valence-electron chi connectivity index (χ2n) is 13.3. The Balaban J connectivity index is 1.20. The van der Waals surface area contributed by atoms with E-state index in [0.29, 0.717) is 34.2 Å². The fraction of sp³-hybridized carbons (Fsp3) is 0.719. The van der Waals surface area contributed by atoms with E-state index in [9.17, 15) is 9.90 Å². The fourth-order valence-electron chi connectivity index (χ4n) is 9.82. The highest BCUT2D eigenvalue weighted by atomic mass is 16.6. The summed E-state index contributed by atoms with van der Waals surface area (Å²) in [6.45, 7) is 4.88. The van der Waals surface area contributed by atoms with E-state index in [1.807, 2.05) is 0 Å². The van der Waals surface area contributed by atoms with Crippen molar-refractivity contribution >= 4 is 5.97 Å². The fourth-order valence-corrected chi connectivity index (χ4v) is 9.82. The molecule has 2 spiro atoms. The standard InChI is InChI=1S/C32H43NO5/c1-19-26-25(37-28(19)29-27(36-3)20(2)30(35)38-29)16-21-10-15-32(26)14-7-9-23(33(32)18-21)24(34)17-22-8-6-13-31(22)11-4-5-12-31/h10,15-16,19,21-24,26,34H,4-9,11-14,17-18H2,1-3H3. The molecule has 0 aromatic heterocycles. The van der Waals surface area contributed by atoms with Crippen LogP contribution in [-0.2, 0) is 19.0 Å². The number of aliphatic hydroxyl groups is 1. The first kappa shape index (κ1) is 25.0. The Kier molecular flexibility index (Phi) is 5.90. The topological polar surface area (TPSA) is 68.2 Å². The number of piperidine rings is 1. The van der Waals surface area contributed by atoms with E-state index in [-0.39, 0.29) is 41.4 Å². The number of carbonyl (C=O) groups excluding carboxylic acids is 1. The third-order valence-corrected chi connectivity index (χ3v) is 11.6. The highest BCUT2D eigenvalue weighted by Crippen LogP contribution is 2.59. The Bertz CT molecular complexity index is 1140. The van der Waals surface area contributed by atoms with Crippen LogP contribution in [-0.4, -0.2) is 47.3 Å². The molecule has 7 unspecified atom stereocenters. The number of methoxy groups -OCH3 is 1. The number of hydrogen-bond donors (Lipinski definition) is 1. The molecule has 5 heterocycles. The molecule has 6 nitrogen and oxygen atoms in total. The Labute approximate surface area is 226 Å². The minimum Gasteiger partial charge on any atom is -0.492 e. The molecule has 7 atom stereocenters. The van der Waals surface area contributed by atoms with Crippen LogP contribution in [0.2, 0.25) is 0 Å². The van der Waals surface area contributed by atoms with E-state index in [1.54, 1.807) is 14.0 Å². The van der Waals surface area contributed by atoms with E-state index < -0.39 is 0 Å². The zero-order chi connectivity index (χ0) is 26.2. The van der Waals surface area contributed by atoms with Gasteiger partial charge in [0.2, 0.25) is 5.76 Å². The van der Waals surface area contributed by atoms with Gasteiger partial charge < -0.3 is 19.3 Å². The van der Waals surface area contributed by atoms with Crippen LogP contribution in [0.25, 0.3) is 0 Å². The zero-order valence-corrected chi connectivity index (χ0v) is 23.2. The highest BCUT2D eigenvalue weighted by molar-refractivity contribution is 5.93. The number of aliphatic hydroxyl groups excluding tert-OH is 1. The summed E-state index contributed by atoms with van der Waals surface area (Å²) in [7, 11) is 1.58. The second-order valence-corrected chi connectivity index (χ2v) is 13.3. The monoisotopic (exact) mass is 521 g/mol. The first-order valence-corrected chi connectivity index (χ1v) is 15.1. The summed E-state index contributed by atoms with van der Waals surface area (Å²) < 4.78 is 17.8. The van der Waals surface area contributed by atoms with Crippen molar-refractivity contribution in [3.8, 4) is 0 Å².